The Balaban J connectivity index is 1.49. The summed E-state index contributed by atoms with van der Waals surface area (Å²) in [6.07, 6.45) is 6.21. The van der Waals surface area contributed by atoms with Gasteiger partial charge in [-0.3, -0.25) is 0 Å². The monoisotopic (exact) mass is 450 g/mol. The molecule has 174 valence electrons. The predicted molar refractivity (Wildman–Crippen MR) is 130 cm³/mol. The van der Waals surface area contributed by atoms with Gasteiger partial charge in [-0.2, -0.15) is 5.10 Å². The third-order valence-corrected chi connectivity index (χ3v) is 5.63. The molecule has 2 aromatic heterocycles. The van der Waals surface area contributed by atoms with Crippen LogP contribution in [0.3, 0.4) is 0 Å². The lowest BCUT2D eigenvalue weighted by Gasteiger charge is -2.14. The van der Waals surface area contributed by atoms with Crippen molar-refractivity contribution in [2.45, 2.75) is 19.4 Å². The van der Waals surface area contributed by atoms with E-state index in [-0.39, 0.29) is 0 Å². The Kier molecular flexibility index (Phi) is 6.69. The number of aromatic nitrogens is 3. The minimum absolute atomic E-state index is 0.538. The quantitative estimate of drug-likeness (QED) is 0.409. The summed E-state index contributed by atoms with van der Waals surface area (Å²) in [5.41, 5.74) is 3.35. The van der Waals surface area contributed by atoms with Crippen molar-refractivity contribution in [2.75, 3.05) is 33.2 Å². The lowest BCUT2D eigenvalue weighted by molar-refractivity contribution is 0.324. The summed E-state index contributed by atoms with van der Waals surface area (Å²) in [6.45, 7) is 9.67. The van der Waals surface area contributed by atoms with Crippen molar-refractivity contribution in [2.24, 2.45) is 11.0 Å². The maximum Gasteiger partial charge on any atom is 0.203 e. The van der Waals surface area contributed by atoms with E-state index in [0.29, 0.717) is 28.8 Å². The highest BCUT2D eigenvalue weighted by Crippen LogP contribution is 2.39. The van der Waals surface area contributed by atoms with Gasteiger partial charge in [-0.05, 0) is 37.4 Å². The summed E-state index contributed by atoms with van der Waals surface area (Å²) < 4.78 is 20.0. The van der Waals surface area contributed by atoms with E-state index in [0.717, 1.165) is 36.1 Å². The molecule has 0 spiro atoms. The molecule has 0 saturated heterocycles. The fourth-order valence-electron chi connectivity index (χ4n) is 3.69. The Morgan fingerprint density at radius 3 is 2.48 bits per heavy atom. The molecule has 1 fully saturated rings. The number of methoxy groups -OCH3 is 3. The Hall–Kier alpha value is -3.72. The molecule has 4 rings (SSSR count). The Morgan fingerprint density at radius 1 is 1.15 bits per heavy atom. The summed E-state index contributed by atoms with van der Waals surface area (Å²) in [5.74, 6) is 3.13. The van der Waals surface area contributed by atoms with Crippen LogP contribution in [0.4, 0.5) is 5.82 Å². The van der Waals surface area contributed by atoms with E-state index in [1.165, 1.54) is 12.8 Å². The molecule has 2 heterocycles. The largest absolute Gasteiger partial charge is 0.493 e. The van der Waals surface area contributed by atoms with Gasteiger partial charge < -0.3 is 29.4 Å². The molecule has 1 saturated carbocycles. The van der Waals surface area contributed by atoms with Crippen molar-refractivity contribution in [3.8, 4) is 22.9 Å². The van der Waals surface area contributed by atoms with E-state index in [2.05, 4.69) is 34.0 Å². The van der Waals surface area contributed by atoms with Crippen LogP contribution < -0.4 is 24.8 Å². The molecule has 1 aromatic carbocycles. The minimum Gasteiger partial charge on any atom is -0.493 e. The van der Waals surface area contributed by atoms with Crippen molar-refractivity contribution in [1.82, 2.24) is 19.5 Å². The number of ether oxygens (including phenoxy) is 3. The zero-order valence-corrected chi connectivity index (χ0v) is 19.3. The molecule has 2 N–H and O–H groups in total. The smallest absolute Gasteiger partial charge is 0.203 e. The first-order valence-electron chi connectivity index (χ1n) is 10.8. The Morgan fingerprint density at radius 2 is 1.88 bits per heavy atom. The lowest BCUT2D eigenvalue weighted by Crippen LogP contribution is -2.18. The van der Waals surface area contributed by atoms with Gasteiger partial charge in [-0.1, -0.05) is 6.58 Å². The molecule has 0 unspecified atom stereocenters. The first kappa shape index (κ1) is 22.5. The fourth-order valence-corrected chi connectivity index (χ4v) is 3.69. The van der Waals surface area contributed by atoms with Crippen LogP contribution in [0.5, 0.6) is 17.2 Å². The van der Waals surface area contributed by atoms with Crippen LogP contribution in [0.2, 0.25) is 0 Å². The van der Waals surface area contributed by atoms with Crippen LogP contribution in [-0.2, 0) is 6.54 Å². The van der Waals surface area contributed by atoms with Gasteiger partial charge in [-0.15, -0.1) is 0 Å². The summed E-state index contributed by atoms with van der Waals surface area (Å²) >= 11 is 0. The van der Waals surface area contributed by atoms with E-state index in [9.17, 15) is 0 Å². The van der Waals surface area contributed by atoms with Gasteiger partial charge in [-0.25, -0.2) is 9.66 Å². The van der Waals surface area contributed by atoms with Crippen LogP contribution >= 0.6 is 0 Å². The van der Waals surface area contributed by atoms with E-state index in [1.807, 2.05) is 35.0 Å². The van der Waals surface area contributed by atoms with Gasteiger partial charge in [0.25, 0.3) is 0 Å². The number of hydrogen-bond donors (Lipinski definition) is 2. The van der Waals surface area contributed by atoms with Gasteiger partial charge in [0.2, 0.25) is 5.75 Å². The van der Waals surface area contributed by atoms with Crippen molar-refractivity contribution >= 4 is 18.2 Å². The molecule has 0 atom stereocenters. The third-order valence-electron chi connectivity index (χ3n) is 5.63. The second-order valence-electron chi connectivity index (χ2n) is 7.89. The van der Waals surface area contributed by atoms with Crippen LogP contribution in [0.15, 0.2) is 48.5 Å². The number of rotatable bonds is 12. The average molecular weight is 451 g/mol. The van der Waals surface area contributed by atoms with Crippen LogP contribution in [0.25, 0.3) is 11.4 Å². The van der Waals surface area contributed by atoms with E-state index in [4.69, 9.17) is 14.2 Å². The molecule has 0 aliphatic heterocycles. The standard InChI is InChI=1S/C24H30N6O3/c1-16(20-9-8-18(30(20)25-2)13-26-12-17-6-7-17)28-23-14-29(15-27-23)19-10-21(31-3)24(33-5)22(11-19)32-4/h8-11,14-15,17,26,28H,1-2,6-7,12-13H2,3-5H3. The predicted octanol–water partition coefficient (Wildman–Crippen LogP) is 3.75. The van der Waals surface area contributed by atoms with Crippen molar-refractivity contribution < 1.29 is 14.2 Å². The number of nitrogens with zero attached hydrogens (tertiary/aromatic N) is 4. The zero-order valence-electron chi connectivity index (χ0n) is 19.3. The molecule has 0 bridgehead atoms. The SMILES string of the molecule is C=Nn1c(CNCC2CC2)ccc1C(=C)Nc1cn(-c2cc(OC)c(OC)c(OC)c2)cn1. The second kappa shape index (κ2) is 9.83. The molecule has 1 aliphatic rings. The molecule has 9 nitrogen and oxygen atoms in total. The Bertz CT molecular complexity index is 1120. The maximum atomic E-state index is 5.45. The minimum atomic E-state index is 0.538. The number of hydrogen-bond acceptors (Lipinski definition) is 7. The molecule has 1 aliphatic carbocycles. The molecule has 0 radical (unpaired) electrons. The maximum absolute atomic E-state index is 5.45. The van der Waals surface area contributed by atoms with Gasteiger partial charge >= 0.3 is 0 Å². The molecular formula is C24H30N6O3. The van der Waals surface area contributed by atoms with Crippen LogP contribution in [0.1, 0.15) is 24.2 Å². The van der Waals surface area contributed by atoms with E-state index >= 15 is 0 Å². The van der Waals surface area contributed by atoms with Crippen molar-refractivity contribution in [1.29, 1.82) is 0 Å². The highest BCUT2D eigenvalue weighted by Gasteiger charge is 2.21. The highest BCUT2D eigenvalue weighted by molar-refractivity contribution is 5.72. The van der Waals surface area contributed by atoms with Gasteiger partial charge in [0, 0.05) is 25.4 Å². The second-order valence-corrected chi connectivity index (χ2v) is 7.89. The lowest BCUT2D eigenvalue weighted by atomic mass is 10.2. The summed E-state index contributed by atoms with van der Waals surface area (Å²) in [4.78, 5) is 4.46. The molecule has 9 heteroatoms. The topological polar surface area (TPSA) is 86.9 Å². The summed E-state index contributed by atoms with van der Waals surface area (Å²) in [7, 11) is 4.75. The van der Waals surface area contributed by atoms with Gasteiger partial charge in [0.05, 0.1) is 50.3 Å². The number of anilines is 1. The first-order valence-corrected chi connectivity index (χ1v) is 10.8. The number of benzene rings is 1. The van der Waals surface area contributed by atoms with Crippen molar-refractivity contribution in [3.63, 3.8) is 0 Å². The van der Waals surface area contributed by atoms with Gasteiger partial charge in [0.1, 0.15) is 12.1 Å². The van der Waals surface area contributed by atoms with E-state index in [1.54, 1.807) is 32.3 Å². The van der Waals surface area contributed by atoms with Crippen molar-refractivity contribution in [3.05, 3.63) is 54.8 Å². The van der Waals surface area contributed by atoms with Crippen LogP contribution in [-0.4, -0.2) is 48.8 Å². The first-order chi connectivity index (χ1) is 16.1. The Labute approximate surface area is 193 Å². The molecular weight excluding hydrogens is 420 g/mol. The zero-order chi connectivity index (χ0) is 23.4. The third kappa shape index (κ3) is 4.88. The highest BCUT2D eigenvalue weighted by atomic mass is 16.5. The molecule has 0 amide bonds. The number of imidazole rings is 1. The van der Waals surface area contributed by atoms with Gasteiger partial charge in [0.15, 0.2) is 11.5 Å². The molecule has 33 heavy (non-hydrogen) atoms. The normalized spacial score (nSPS) is 12.9. The fraction of sp³-hybridized carbons (Fsp3) is 0.333. The summed E-state index contributed by atoms with van der Waals surface area (Å²) in [6, 6.07) is 7.73. The molecule has 3 aromatic rings. The van der Waals surface area contributed by atoms with Crippen LogP contribution in [0, 0.1) is 5.92 Å². The average Bonchev–Trinajstić information content (AvgIpc) is 3.38. The number of nitrogens with one attached hydrogen (secondary N) is 2. The van der Waals surface area contributed by atoms with E-state index < -0.39 is 0 Å². The summed E-state index contributed by atoms with van der Waals surface area (Å²) in [5, 5.41) is 10.9.